The molecule has 2 aromatic heterocycles. The predicted octanol–water partition coefficient (Wildman–Crippen LogP) is 8.46. The van der Waals surface area contributed by atoms with Gasteiger partial charge in [0.05, 0.1) is 46.9 Å². The second-order valence-electron chi connectivity index (χ2n) is 13.7. The van der Waals surface area contributed by atoms with Gasteiger partial charge in [-0.3, -0.25) is 4.79 Å². The summed E-state index contributed by atoms with van der Waals surface area (Å²) in [6.07, 6.45) is 0.339. The lowest BCUT2D eigenvalue weighted by Gasteiger charge is -2.14. The molecule has 16 nitrogen and oxygen atoms in total. The van der Waals surface area contributed by atoms with Crippen molar-refractivity contribution in [3.8, 4) is 51.0 Å². The number of likely N-dealkylation sites (N-methyl/N-ethyl adjacent to an activating group) is 1. The Morgan fingerprint density at radius 3 is 1.52 bits per heavy atom. The van der Waals surface area contributed by atoms with Gasteiger partial charge in [-0.2, -0.15) is 9.97 Å². The number of methoxy groups -OCH3 is 5. The summed E-state index contributed by atoms with van der Waals surface area (Å²) in [5.41, 5.74) is 8.33. The van der Waals surface area contributed by atoms with Crippen LogP contribution in [-0.4, -0.2) is 66.9 Å². The fraction of sp³-hybridized carbons (Fsp3) is 0.152. The Kier molecular flexibility index (Phi) is 13.0. The van der Waals surface area contributed by atoms with Gasteiger partial charge in [0.2, 0.25) is 21.7 Å². The number of nitrogens with one attached hydrogen (secondary N) is 3. The Morgan fingerprint density at radius 2 is 1.10 bits per heavy atom. The van der Waals surface area contributed by atoms with E-state index >= 15 is 0 Å². The van der Waals surface area contributed by atoms with Gasteiger partial charge >= 0.3 is 0 Å². The molecule has 63 heavy (non-hydrogen) atoms. The second kappa shape index (κ2) is 18.9. The van der Waals surface area contributed by atoms with Crippen LogP contribution in [0.4, 0.5) is 23.4 Å². The third kappa shape index (κ3) is 9.91. The number of ether oxygens (including phenoxy) is 5. The molecule has 0 spiro atoms. The maximum Gasteiger partial charge on any atom is 0.300 e. The Balaban J connectivity index is 0.000000190. The van der Waals surface area contributed by atoms with Crippen molar-refractivity contribution in [1.29, 1.82) is 0 Å². The highest BCUT2D eigenvalue weighted by Gasteiger charge is 2.18. The number of oxazole rings is 2. The average Bonchev–Trinajstić information content (AvgIpc) is 3.92. The highest BCUT2D eigenvalue weighted by atomic mass is 32.2. The molecule has 0 aliphatic rings. The van der Waals surface area contributed by atoms with E-state index in [0.717, 1.165) is 33.3 Å². The monoisotopic (exact) mass is 872 g/mol. The molecule has 0 aliphatic heterocycles. The molecule has 8 rings (SSSR count). The fourth-order valence-corrected chi connectivity index (χ4v) is 7.16. The summed E-state index contributed by atoms with van der Waals surface area (Å²) in [4.78, 5) is 20.7. The van der Waals surface area contributed by atoms with Gasteiger partial charge in [-0.1, -0.05) is 60.7 Å². The molecule has 0 bridgehead atoms. The number of carbonyl (C=O) groups is 1. The minimum atomic E-state index is -3.75. The molecule has 0 saturated heterocycles. The molecule has 1 amide bonds. The number of fused-ring (bicyclic) bond motifs is 2. The Morgan fingerprint density at radius 1 is 0.619 bits per heavy atom. The van der Waals surface area contributed by atoms with Gasteiger partial charge in [-0.15, -0.1) is 0 Å². The number of para-hydroxylation sites is 2. The molecule has 0 fully saturated rings. The smallest absolute Gasteiger partial charge is 0.300 e. The number of hydrogen-bond donors (Lipinski definition) is 4. The van der Waals surface area contributed by atoms with Crippen molar-refractivity contribution in [1.82, 2.24) is 15.3 Å². The van der Waals surface area contributed by atoms with E-state index in [2.05, 4.69) is 25.9 Å². The standard InChI is InChI=1S/C25H25N3O5.C21H19N3O5S/c1-26-22(29)12-15-8-10-16(11-9-15)18-6-5-7-19-23(18)33-25(28-19)27-17-13-20(30-2)24(32-4)21(14-17)31-3;1-27-15-10-14(11-16(12-15)28-2)23-21-24-19-5-3-4-18(20(19)29-21)13-6-8-17(9-7-13)30(22,25)26/h5-11,13-14H,12H2,1-4H3,(H,26,29)(H,27,28);3-12H,1-2H3,(H,23,24)(H2,22,25,26). The van der Waals surface area contributed by atoms with Gasteiger partial charge in [0.15, 0.2) is 22.7 Å². The minimum absolute atomic E-state index is 0.0254. The van der Waals surface area contributed by atoms with E-state index in [1.807, 2.05) is 60.7 Å². The van der Waals surface area contributed by atoms with Crippen molar-refractivity contribution >= 4 is 61.5 Å². The van der Waals surface area contributed by atoms with E-state index in [1.165, 1.54) is 12.1 Å². The highest BCUT2D eigenvalue weighted by molar-refractivity contribution is 7.89. The maximum absolute atomic E-state index is 11.6. The van der Waals surface area contributed by atoms with Crippen molar-refractivity contribution < 1.29 is 45.7 Å². The van der Waals surface area contributed by atoms with Gasteiger partial charge in [0.25, 0.3) is 12.0 Å². The molecular weight excluding hydrogens is 829 g/mol. The summed E-state index contributed by atoms with van der Waals surface area (Å²) in [6, 6.07) is 35.0. The first-order chi connectivity index (χ1) is 30.4. The highest BCUT2D eigenvalue weighted by Crippen LogP contribution is 2.41. The van der Waals surface area contributed by atoms with Crippen molar-refractivity contribution in [2.45, 2.75) is 11.3 Å². The number of hydrogen-bond acceptors (Lipinski definition) is 14. The van der Waals surface area contributed by atoms with Gasteiger partial charge < -0.3 is 48.5 Å². The molecule has 0 radical (unpaired) electrons. The van der Waals surface area contributed by atoms with Gasteiger partial charge in [0, 0.05) is 59.9 Å². The summed E-state index contributed by atoms with van der Waals surface area (Å²) in [6.45, 7) is 0. The number of amides is 1. The zero-order valence-electron chi connectivity index (χ0n) is 35.1. The lowest BCUT2D eigenvalue weighted by atomic mass is 10.0. The third-order valence-corrected chi connectivity index (χ3v) is 10.7. The molecule has 0 saturated carbocycles. The third-order valence-electron chi connectivity index (χ3n) is 9.75. The maximum atomic E-state index is 11.6. The molecule has 6 aromatic carbocycles. The number of aromatic nitrogens is 2. The summed E-state index contributed by atoms with van der Waals surface area (Å²) in [5, 5.41) is 14.1. The van der Waals surface area contributed by atoms with Crippen LogP contribution < -0.4 is 44.8 Å². The summed E-state index contributed by atoms with van der Waals surface area (Å²) < 4.78 is 61.8. The van der Waals surface area contributed by atoms with Crippen LogP contribution in [0.5, 0.6) is 28.7 Å². The second-order valence-corrected chi connectivity index (χ2v) is 15.3. The molecule has 17 heteroatoms. The molecule has 0 atom stereocenters. The number of carbonyl (C=O) groups excluding carboxylic acids is 1. The van der Waals surface area contributed by atoms with Crippen LogP contribution in [0.3, 0.4) is 0 Å². The molecule has 8 aromatic rings. The number of benzene rings is 6. The predicted molar refractivity (Wildman–Crippen MR) is 240 cm³/mol. The van der Waals surface area contributed by atoms with Crippen LogP contribution in [0.1, 0.15) is 5.56 Å². The van der Waals surface area contributed by atoms with Crippen molar-refractivity contribution in [3.63, 3.8) is 0 Å². The van der Waals surface area contributed by atoms with E-state index in [-0.39, 0.29) is 10.8 Å². The average molecular weight is 873 g/mol. The molecule has 324 valence electrons. The van der Waals surface area contributed by atoms with E-state index in [0.29, 0.717) is 75.3 Å². The first-order valence-electron chi connectivity index (χ1n) is 19.2. The van der Waals surface area contributed by atoms with Crippen molar-refractivity contribution in [2.24, 2.45) is 5.14 Å². The van der Waals surface area contributed by atoms with Gasteiger partial charge in [-0.05, 0) is 41.0 Å². The van der Waals surface area contributed by atoms with Crippen LogP contribution in [0.2, 0.25) is 0 Å². The molecule has 2 heterocycles. The Labute approximate surface area is 363 Å². The van der Waals surface area contributed by atoms with Crippen LogP contribution >= 0.6 is 0 Å². The number of rotatable bonds is 14. The fourth-order valence-electron chi connectivity index (χ4n) is 6.64. The van der Waals surface area contributed by atoms with Crippen LogP contribution in [0.25, 0.3) is 44.5 Å². The Bertz CT molecular complexity index is 2960. The molecule has 0 unspecified atom stereocenters. The summed E-state index contributed by atoms with van der Waals surface area (Å²) in [7, 11) is 5.71. The summed E-state index contributed by atoms with van der Waals surface area (Å²) >= 11 is 0. The normalized spacial score (nSPS) is 11.0. The van der Waals surface area contributed by atoms with Gasteiger partial charge in [0.1, 0.15) is 22.5 Å². The SMILES string of the molecule is CNC(=O)Cc1ccc(-c2cccc3nc(Nc4cc(OC)c(OC)c(OC)c4)oc23)cc1.COc1cc(Nc2nc3cccc(-c4ccc(S(N)(=O)=O)cc4)c3o2)cc(OC)c1. The number of sulfonamides is 1. The van der Waals surface area contributed by atoms with Crippen LogP contribution in [0.15, 0.2) is 129 Å². The lowest BCUT2D eigenvalue weighted by Crippen LogP contribution is -2.19. The molecule has 0 aliphatic carbocycles. The first-order valence-corrected chi connectivity index (χ1v) is 20.8. The first kappa shape index (κ1) is 43.3. The quantitative estimate of drug-likeness (QED) is 0.0808. The Hall–Kier alpha value is -7.76. The largest absolute Gasteiger partial charge is 0.497 e. The van der Waals surface area contributed by atoms with E-state index in [4.69, 9.17) is 37.7 Å². The van der Waals surface area contributed by atoms with Gasteiger partial charge in [-0.25, -0.2) is 13.6 Å². The number of nitrogens with zero attached hydrogens (tertiary/aromatic N) is 2. The lowest BCUT2D eigenvalue weighted by molar-refractivity contribution is -0.119. The van der Waals surface area contributed by atoms with E-state index < -0.39 is 10.0 Å². The van der Waals surface area contributed by atoms with Crippen molar-refractivity contribution in [3.05, 3.63) is 121 Å². The zero-order chi connectivity index (χ0) is 44.7. The number of primary sulfonamides is 1. The van der Waals surface area contributed by atoms with Crippen molar-refractivity contribution in [2.75, 3.05) is 53.2 Å². The molecular formula is C46H44N6O10S. The topological polar surface area (TPSA) is 212 Å². The van der Waals surface area contributed by atoms with E-state index in [1.54, 1.807) is 85.1 Å². The summed E-state index contributed by atoms with van der Waals surface area (Å²) in [5.74, 6) is 2.78. The van der Waals surface area contributed by atoms with E-state index in [9.17, 15) is 13.2 Å². The van der Waals surface area contributed by atoms with Crippen LogP contribution in [0, 0.1) is 0 Å². The zero-order valence-corrected chi connectivity index (χ0v) is 36.0. The minimum Gasteiger partial charge on any atom is -0.497 e. The number of anilines is 4. The molecule has 5 N–H and O–H groups in total. The van der Waals surface area contributed by atoms with Crippen LogP contribution in [-0.2, 0) is 21.2 Å². The number of nitrogens with two attached hydrogens (primary N) is 1.